The van der Waals surface area contributed by atoms with Gasteiger partial charge in [-0.2, -0.15) is 0 Å². The van der Waals surface area contributed by atoms with Crippen LogP contribution in [0.5, 0.6) is 0 Å². The van der Waals surface area contributed by atoms with Crippen LogP contribution in [-0.4, -0.2) is 61.7 Å². The summed E-state index contributed by atoms with van der Waals surface area (Å²) in [5, 5.41) is 11.3. The molecule has 0 bridgehead atoms. The van der Waals surface area contributed by atoms with Gasteiger partial charge in [0.15, 0.2) is 0 Å². The van der Waals surface area contributed by atoms with E-state index >= 15 is 0 Å². The van der Waals surface area contributed by atoms with Gasteiger partial charge in [0.1, 0.15) is 0 Å². The van der Waals surface area contributed by atoms with Gasteiger partial charge >= 0.3 is 12.3 Å². The van der Waals surface area contributed by atoms with E-state index in [1.54, 1.807) is 0 Å². The Hall–Kier alpha value is -0.860. The van der Waals surface area contributed by atoms with E-state index in [1.165, 1.54) is 0 Å². The van der Waals surface area contributed by atoms with Crippen LogP contribution in [0.2, 0.25) is 0 Å². The molecule has 0 amide bonds. The Labute approximate surface area is 109 Å². The van der Waals surface area contributed by atoms with E-state index in [2.05, 4.69) is 10.1 Å². The van der Waals surface area contributed by atoms with Crippen molar-refractivity contribution in [3.63, 3.8) is 0 Å². The molecule has 0 radical (unpaired) electrons. The molecule has 0 aromatic rings. The predicted octanol–water partition coefficient (Wildman–Crippen LogP) is 0.909. The summed E-state index contributed by atoms with van der Waals surface area (Å²) in [6.07, 6.45) is -2.70. The van der Waals surface area contributed by atoms with Crippen molar-refractivity contribution >= 4 is 5.97 Å². The number of alkyl halides is 3. The van der Waals surface area contributed by atoms with Crippen LogP contribution in [0.4, 0.5) is 13.2 Å². The van der Waals surface area contributed by atoms with E-state index in [0.717, 1.165) is 19.4 Å². The van der Waals surface area contributed by atoms with Crippen LogP contribution in [0.3, 0.4) is 0 Å². The van der Waals surface area contributed by atoms with Gasteiger partial charge in [0.05, 0.1) is 13.2 Å². The van der Waals surface area contributed by atoms with Crippen molar-refractivity contribution in [3.8, 4) is 0 Å². The summed E-state index contributed by atoms with van der Waals surface area (Å²) in [4.78, 5) is 12.3. The van der Waals surface area contributed by atoms with Crippen LogP contribution < -0.4 is 5.32 Å². The minimum atomic E-state index is -4.57. The number of carbonyl (C=O) groups is 1. The van der Waals surface area contributed by atoms with Gasteiger partial charge in [0, 0.05) is 13.1 Å². The minimum absolute atomic E-state index is 0.0896. The highest BCUT2D eigenvalue weighted by atomic mass is 19.4. The highest BCUT2D eigenvalue weighted by molar-refractivity contribution is 5.68. The number of piperidine rings is 1. The van der Waals surface area contributed by atoms with Gasteiger partial charge in [0.2, 0.25) is 0 Å². The van der Waals surface area contributed by atoms with Crippen LogP contribution in [-0.2, 0) is 9.53 Å². The van der Waals surface area contributed by atoms with E-state index in [0.29, 0.717) is 13.1 Å². The minimum Gasteiger partial charge on any atom is -0.480 e. The second kappa shape index (κ2) is 7.66. The average molecular weight is 284 g/mol. The number of hydrogen-bond donors (Lipinski definition) is 2. The summed E-state index contributed by atoms with van der Waals surface area (Å²) < 4.78 is 39.2. The van der Waals surface area contributed by atoms with Crippen LogP contribution in [0.15, 0.2) is 0 Å². The molecular weight excluding hydrogens is 265 g/mol. The lowest BCUT2D eigenvalue weighted by Crippen LogP contribution is -2.42. The maximum absolute atomic E-state index is 11.8. The number of aliphatic carboxylic acids is 1. The molecular formula is C11H19F3N2O3. The smallest absolute Gasteiger partial charge is 0.480 e. The van der Waals surface area contributed by atoms with Gasteiger partial charge in [-0.3, -0.25) is 9.53 Å². The van der Waals surface area contributed by atoms with Gasteiger partial charge in [-0.1, -0.05) is 0 Å². The van der Waals surface area contributed by atoms with Gasteiger partial charge in [0.25, 0.3) is 0 Å². The molecule has 1 rings (SSSR count). The normalized spacial score (nSPS) is 21.5. The van der Waals surface area contributed by atoms with Crippen LogP contribution in [0, 0.1) is 5.92 Å². The van der Waals surface area contributed by atoms with E-state index in [4.69, 9.17) is 5.11 Å². The highest BCUT2D eigenvalue weighted by Gasteiger charge is 2.29. The van der Waals surface area contributed by atoms with E-state index in [9.17, 15) is 18.0 Å². The molecule has 0 aromatic heterocycles. The molecule has 5 nitrogen and oxygen atoms in total. The monoisotopic (exact) mass is 284 g/mol. The number of likely N-dealkylation sites (tertiary alicyclic amines) is 1. The predicted molar refractivity (Wildman–Crippen MR) is 61.7 cm³/mol. The molecule has 1 aliphatic heterocycles. The summed E-state index contributed by atoms with van der Waals surface area (Å²) in [6, 6.07) is 0. The lowest BCUT2D eigenvalue weighted by Gasteiger charge is -2.32. The van der Waals surface area contributed by atoms with Crippen LogP contribution in [0.25, 0.3) is 0 Å². The molecule has 0 aromatic carbocycles. The van der Waals surface area contributed by atoms with E-state index < -0.39 is 12.3 Å². The Morgan fingerprint density at radius 3 is 2.84 bits per heavy atom. The number of halogens is 3. The molecule has 0 aliphatic carbocycles. The maximum atomic E-state index is 11.8. The van der Waals surface area contributed by atoms with Crippen molar-refractivity contribution < 1.29 is 27.8 Å². The molecule has 1 fully saturated rings. The quantitative estimate of drug-likeness (QED) is 0.727. The molecule has 8 heteroatoms. The summed E-state index contributed by atoms with van der Waals surface area (Å²) in [5.41, 5.74) is 0. The van der Waals surface area contributed by atoms with E-state index in [1.807, 2.05) is 4.90 Å². The average Bonchev–Trinajstić information content (AvgIpc) is 2.27. The molecule has 0 saturated carbocycles. The lowest BCUT2D eigenvalue weighted by molar-refractivity contribution is -0.325. The number of nitrogens with zero attached hydrogens (tertiary/aromatic N) is 1. The molecule has 1 unspecified atom stereocenters. The second-order valence-electron chi connectivity index (χ2n) is 4.63. The number of carboxylic acid groups (broad SMARTS) is 1. The fraction of sp³-hybridized carbons (Fsp3) is 0.909. The van der Waals surface area contributed by atoms with Gasteiger partial charge in [-0.15, -0.1) is 13.2 Å². The Morgan fingerprint density at radius 2 is 2.21 bits per heavy atom. The van der Waals surface area contributed by atoms with E-state index in [-0.39, 0.29) is 25.6 Å². The van der Waals surface area contributed by atoms with Crippen molar-refractivity contribution in [1.82, 2.24) is 10.2 Å². The maximum Gasteiger partial charge on any atom is 0.522 e. The zero-order valence-electron chi connectivity index (χ0n) is 10.6. The SMILES string of the molecule is O=C(O)CNCC1CCCN(CCOC(F)(F)F)C1. The Morgan fingerprint density at radius 1 is 1.47 bits per heavy atom. The number of rotatable bonds is 7. The second-order valence-corrected chi connectivity index (χ2v) is 4.63. The first-order chi connectivity index (χ1) is 8.87. The number of nitrogens with one attached hydrogen (secondary N) is 1. The first kappa shape index (κ1) is 16.2. The molecule has 0 spiro atoms. The fourth-order valence-electron chi connectivity index (χ4n) is 2.19. The Bertz CT molecular complexity index is 287. The summed E-state index contributed by atoms with van der Waals surface area (Å²) >= 11 is 0. The van der Waals surface area contributed by atoms with Gasteiger partial charge in [-0.25, -0.2) is 0 Å². The van der Waals surface area contributed by atoms with Crippen molar-refractivity contribution in [1.29, 1.82) is 0 Å². The zero-order chi connectivity index (χ0) is 14.3. The fourth-order valence-corrected chi connectivity index (χ4v) is 2.19. The standard InChI is InChI=1S/C11H19F3N2O3/c12-11(13,14)19-5-4-16-3-1-2-9(8-16)6-15-7-10(17)18/h9,15H,1-8H2,(H,17,18). The van der Waals surface area contributed by atoms with Crippen molar-refractivity contribution in [2.45, 2.75) is 19.2 Å². The summed E-state index contributed by atoms with van der Waals surface area (Å²) in [6.45, 7) is 1.80. The lowest BCUT2D eigenvalue weighted by atomic mass is 9.98. The molecule has 1 saturated heterocycles. The molecule has 1 heterocycles. The van der Waals surface area contributed by atoms with Crippen molar-refractivity contribution in [2.75, 3.05) is 39.3 Å². The first-order valence-electron chi connectivity index (χ1n) is 6.22. The summed E-state index contributed by atoms with van der Waals surface area (Å²) in [5.74, 6) is -0.634. The third-order valence-electron chi connectivity index (χ3n) is 2.99. The largest absolute Gasteiger partial charge is 0.522 e. The van der Waals surface area contributed by atoms with Gasteiger partial charge in [-0.05, 0) is 31.8 Å². The highest BCUT2D eigenvalue weighted by Crippen LogP contribution is 2.18. The Balaban J connectivity index is 2.17. The summed E-state index contributed by atoms with van der Waals surface area (Å²) in [7, 11) is 0. The van der Waals surface area contributed by atoms with Crippen LogP contribution >= 0.6 is 0 Å². The zero-order valence-corrected chi connectivity index (χ0v) is 10.6. The molecule has 112 valence electrons. The third-order valence-corrected chi connectivity index (χ3v) is 2.99. The number of hydrogen-bond acceptors (Lipinski definition) is 4. The van der Waals surface area contributed by atoms with Crippen LogP contribution in [0.1, 0.15) is 12.8 Å². The van der Waals surface area contributed by atoms with Crippen molar-refractivity contribution in [3.05, 3.63) is 0 Å². The molecule has 1 aliphatic rings. The van der Waals surface area contributed by atoms with Gasteiger partial charge < -0.3 is 15.3 Å². The number of ether oxygens (including phenoxy) is 1. The number of carboxylic acids is 1. The first-order valence-corrected chi connectivity index (χ1v) is 6.22. The topological polar surface area (TPSA) is 61.8 Å². The molecule has 1 atom stereocenters. The molecule has 19 heavy (non-hydrogen) atoms. The Kier molecular flexibility index (Phi) is 6.53. The molecule has 2 N–H and O–H groups in total. The third kappa shape index (κ3) is 8.02. The van der Waals surface area contributed by atoms with Crippen molar-refractivity contribution in [2.24, 2.45) is 5.92 Å².